The van der Waals surface area contributed by atoms with Crippen molar-refractivity contribution in [1.82, 2.24) is 5.32 Å². The molecule has 1 amide bonds. The molecule has 3 N–H and O–H groups in total. The van der Waals surface area contributed by atoms with E-state index in [2.05, 4.69) is 12.2 Å². The average Bonchev–Trinajstić information content (AvgIpc) is 2.94. The fourth-order valence-electron chi connectivity index (χ4n) is 1.31. The molecule has 1 aliphatic carbocycles. The Balaban J connectivity index is 2.07. The zero-order chi connectivity index (χ0) is 9.68. The molecule has 0 bridgehead atoms. The van der Waals surface area contributed by atoms with Gasteiger partial charge in [0.15, 0.2) is 0 Å². The predicted molar refractivity (Wildman–Crippen MR) is 53.2 cm³/mol. The highest BCUT2D eigenvalue weighted by atomic mass is 16.1. The third-order valence-corrected chi connectivity index (χ3v) is 2.67. The van der Waals surface area contributed by atoms with Crippen LogP contribution >= 0.6 is 0 Å². The van der Waals surface area contributed by atoms with Crippen LogP contribution in [0.15, 0.2) is 0 Å². The summed E-state index contributed by atoms with van der Waals surface area (Å²) in [6, 6.07) is 0. The smallest absolute Gasteiger partial charge is 0.220 e. The Morgan fingerprint density at radius 2 is 2.31 bits per heavy atom. The molecule has 3 heteroatoms. The van der Waals surface area contributed by atoms with Gasteiger partial charge in [-0.25, -0.2) is 0 Å². The maximum absolute atomic E-state index is 11.3. The molecule has 0 aromatic carbocycles. The number of nitrogens with two attached hydrogens (primary N) is 1. The SMILES string of the molecule is CCC(CN)CC(=O)NCC1CC1. The molecule has 0 aliphatic heterocycles. The molecule has 1 atom stereocenters. The van der Waals surface area contributed by atoms with Gasteiger partial charge in [-0.1, -0.05) is 13.3 Å². The molecule has 0 radical (unpaired) electrons. The van der Waals surface area contributed by atoms with Crippen LogP contribution in [0.3, 0.4) is 0 Å². The summed E-state index contributed by atoms with van der Waals surface area (Å²) in [7, 11) is 0. The van der Waals surface area contributed by atoms with E-state index in [-0.39, 0.29) is 5.91 Å². The fraction of sp³-hybridized carbons (Fsp3) is 0.900. The molecule has 1 rings (SSSR count). The zero-order valence-electron chi connectivity index (χ0n) is 8.38. The van der Waals surface area contributed by atoms with Gasteiger partial charge >= 0.3 is 0 Å². The molecular weight excluding hydrogens is 164 g/mol. The Morgan fingerprint density at radius 3 is 2.77 bits per heavy atom. The number of nitrogens with one attached hydrogen (secondary N) is 1. The highest BCUT2D eigenvalue weighted by Crippen LogP contribution is 2.27. The lowest BCUT2D eigenvalue weighted by Crippen LogP contribution is -2.29. The monoisotopic (exact) mass is 184 g/mol. The minimum absolute atomic E-state index is 0.171. The Bertz CT molecular complexity index is 162. The van der Waals surface area contributed by atoms with E-state index in [9.17, 15) is 4.79 Å². The van der Waals surface area contributed by atoms with Crippen LogP contribution in [-0.4, -0.2) is 19.0 Å². The summed E-state index contributed by atoms with van der Waals surface area (Å²) in [5, 5.41) is 2.95. The standard InChI is InChI=1S/C10H20N2O/c1-2-8(6-11)5-10(13)12-7-9-3-4-9/h8-9H,2-7,11H2,1H3,(H,12,13). The maximum atomic E-state index is 11.3. The summed E-state index contributed by atoms with van der Waals surface area (Å²) >= 11 is 0. The molecule has 1 unspecified atom stereocenters. The molecule has 13 heavy (non-hydrogen) atoms. The lowest BCUT2D eigenvalue weighted by Gasteiger charge is -2.11. The van der Waals surface area contributed by atoms with Gasteiger partial charge in [-0.2, -0.15) is 0 Å². The van der Waals surface area contributed by atoms with E-state index in [1.807, 2.05) is 0 Å². The molecule has 0 aromatic rings. The normalized spacial score (nSPS) is 18.3. The van der Waals surface area contributed by atoms with E-state index in [1.54, 1.807) is 0 Å². The van der Waals surface area contributed by atoms with Crippen LogP contribution in [-0.2, 0) is 4.79 Å². The number of carbonyl (C=O) groups is 1. The number of amides is 1. The quantitative estimate of drug-likeness (QED) is 0.644. The number of carbonyl (C=O) groups excluding carboxylic acids is 1. The second-order valence-electron chi connectivity index (χ2n) is 3.96. The zero-order valence-corrected chi connectivity index (χ0v) is 8.38. The van der Waals surface area contributed by atoms with Crippen LogP contribution in [0.1, 0.15) is 32.6 Å². The molecule has 1 saturated carbocycles. The Morgan fingerprint density at radius 1 is 1.62 bits per heavy atom. The summed E-state index contributed by atoms with van der Waals surface area (Å²) in [5.74, 6) is 1.30. The molecule has 76 valence electrons. The lowest BCUT2D eigenvalue weighted by atomic mass is 10.0. The molecule has 0 heterocycles. The van der Waals surface area contributed by atoms with Crippen molar-refractivity contribution < 1.29 is 4.79 Å². The second kappa shape index (κ2) is 5.22. The van der Waals surface area contributed by atoms with Gasteiger partial charge in [0.05, 0.1) is 0 Å². The van der Waals surface area contributed by atoms with Crippen LogP contribution in [0.25, 0.3) is 0 Å². The minimum atomic E-state index is 0.171. The van der Waals surface area contributed by atoms with Crippen LogP contribution in [0.4, 0.5) is 0 Å². The van der Waals surface area contributed by atoms with Gasteiger partial charge in [0.25, 0.3) is 0 Å². The summed E-state index contributed by atoms with van der Waals surface area (Å²) in [6.07, 6.45) is 4.16. The first-order valence-electron chi connectivity index (χ1n) is 5.23. The summed E-state index contributed by atoms with van der Waals surface area (Å²) < 4.78 is 0. The topological polar surface area (TPSA) is 55.1 Å². The van der Waals surface area contributed by atoms with Crippen LogP contribution < -0.4 is 11.1 Å². The van der Waals surface area contributed by atoms with Gasteiger partial charge in [-0.05, 0) is 31.2 Å². The lowest BCUT2D eigenvalue weighted by molar-refractivity contribution is -0.122. The van der Waals surface area contributed by atoms with Crippen molar-refractivity contribution in [3.8, 4) is 0 Å². The van der Waals surface area contributed by atoms with Gasteiger partial charge in [0, 0.05) is 13.0 Å². The Kier molecular flexibility index (Phi) is 4.22. The number of rotatable bonds is 6. The van der Waals surface area contributed by atoms with E-state index in [0.717, 1.165) is 18.9 Å². The Labute approximate surface area is 80.1 Å². The van der Waals surface area contributed by atoms with Crippen LogP contribution in [0.2, 0.25) is 0 Å². The number of hydrogen-bond donors (Lipinski definition) is 2. The van der Waals surface area contributed by atoms with E-state index < -0.39 is 0 Å². The third-order valence-electron chi connectivity index (χ3n) is 2.67. The molecule has 0 spiro atoms. The van der Waals surface area contributed by atoms with Crippen molar-refractivity contribution in [2.45, 2.75) is 32.6 Å². The first kappa shape index (κ1) is 10.5. The van der Waals surface area contributed by atoms with E-state index in [1.165, 1.54) is 12.8 Å². The first-order valence-corrected chi connectivity index (χ1v) is 5.23. The van der Waals surface area contributed by atoms with E-state index in [4.69, 9.17) is 5.73 Å². The maximum Gasteiger partial charge on any atom is 0.220 e. The summed E-state index contributed by atoms with van der Waals surface area (Å²) in [5.41, 5.74) is 5.52. The second-order valence-corrected chi connectivity index (χ2v) is 3.96. The average molecular weight is 184 g/mol. The van der Waals surface area contributed by atoms with Gasteiger partial charge in [-0.15, -0.1) is 0 Å². The van der Waals surface area contributed by atoms with Gasteiger partial charge < -0.3 is 11.1 Å². The highest BCUT2D eigenvalue weighted by Gasteiger charge is 2.21. The third kappa shape index (κ3) is 4.27. The summed E-state index contributed by atoms with van der Waals surface area (Å²) in [6.45, 7) is 3.57. The summed E-state index contributed by atoms with van der Waals surface area (Å²) in [4.78, 5) is 11.3. The van der Waals surface area contributed by atoms with Crippen LogP contribution in [0, 0.1) is 11.8 Å². The Hall–Kier alpha value is -0.570. The molecule has 1 aliphatic rings. The molecule has 0 saturated heterocycles. The van der Waals surface area contributed by atoms with E-state index in [0.29, 0.717) is 18.9 Å². The van der Waals surface area contributed by atoms with Gasteiger partial charge in [0.2, 0.25) is 5.91 Å². The van der Waals surface area contributed by atoms with Crippen LogP contribution in [0.5, 0.6) is 0 Å². The van der Waals surface area contributed by atoms with Crippen molar-refractivity contribution in [3.63, 3.8) is 0 Å². The van der Waals surface area contributed by atoms with Crippen molar-refractivity contribution in [3.05, 3.63) is 0 Å². The number of hydrogen-bond acceptors (Lipinski definition) is 2. The van der Waals surface area contributed by atoms with Crippen molar-refractivity contribution in [1.29, 1.82) is 0 Å². The minimum Gasteiger partial charge on any atom is -0.356 e. The molecular formula is C10H20N2O. The first-order chi connectivity index (χ1) is 6.26. The van der Waals surface area contributed by atoms with E-state index >= 15 is 0 Å². The highest BCUT2D eigenvalue weighted by molar-refractivity contribution is 5.76. The van der Waals surface area contributed by atoms with Crippen molar-refractivity contribution in [2.75, 3.05) is 13.1 Å². The van der Waals surface area contributed by atoms with Crippen molar-refractivity contribution in [2.24, 2.45) is 17.6 Å². The molecule has 0 aromatic heterocycles. The molecule has 3 nitrogen and oxygen atoms in total. The fourth-order valence-corrected chi connectivity index (χ4v) is 1.31. The van der Waals surface area contributed by atoms with Gasteiger partial charge in [-0.3, -0.25) is 4.79 Å². The predicted octanol–water partition coefficient (Wildman–Crippen LogP) is 0.888. The van der Waals surface area contributed by atoms with Gasteiger partial charge in [0.1, 0.15) is 0 Å². The largest absolute Gasteiger partial charge is 0.356 e. The van der Waals surface area contributed by atoms with Crippen molar-refractivity contribution >= 4 is 5.91 Å². The molecule has 1 fully saturated rings.